The molecule has 0 bridgehead atoms. The molecule has 1 spiro atoms. The van der Waals surface area contributed by atoms with Crippen LogP contribution in [0.3, 0.4) is 0 Å². The number of hydrogen-bond donors (Lipinski definition) is 0. The summed E-state index contributed by atoms with van der Waals surface area (Å²) in [4.78, 5) is 0. The average Bonchev–Trinajstić information content (AvgIpc) is 1.85. The molecule has 0 saturated heterocycles. The Morgan fingerprint density at radius 1 is 1.50 bits per heavy atom. The molecule has 0 aromatic rings. The van der Waals surface area contributed by atoms with Gasteiger partial charge >= 0.3 is 0 Å². The molecule has 1 fully saturated rings. The summed E-state index contributed by atoms with van der Waals surface area (Å²) in [6.45, 7) is 2.40. The van der Waals surface area contributed by atoms with Crippen LogP contribution in [0.5, 0.6) is 0 Å². The Bertz CT molecular complexity index is 157. The molecule has 2 aliphatic rings. The highest BCUT2D eigenvalue weighted by molar-refractivity contribution is 5.14. The summed E-state index contributed by atoms with van der Waals surface area (Å²) >= 11 is 0. The number of rotatable bonds is 0. The first-order valence-corrected chi connectivity index (χ1v) is 4.48. The second-order valence-electron chi connectivity index (χ2n) is 4.17. The van der Waals surface area contributed by atoms with Crippen LogP contribution in [0.25, 0.3) is 0 Å². The zero-order chi connectivity index (χ0) is 7.03. The molecule has 0 aromatic carbocycles. The van der Waals surface area contributed by atoms with Crippen molar-refractivity contribution < 1.29 is 0 Å². The highest BCUT2D eigenvalue weighted by Crippen LogP contribution is 2.47. The van der Waals surface area contributed by atoms with Crippen molar-refractivity contribution in [2.75, 3.05) is 0 Å². The van der Waals surface area contributed by atoms with Crippen molar-refractivity contribution >= 4 is 0 Å². The summed E-state index contributed by atoms with van der Waals surface area (Å²) in [5.74, 6) is 0.985. The smallest absolute Gasteiger partial charge is 0.00812 e. The lowest BCUT2D eigenvalue weighted by Crippen LogP contribution is -2.29. The maximum Gasteiger partial charge on any atom is -0.00812 e. The van der Waals surface area contributed by atoms with E-state index in [-0.39, 0.29) is 0 Å². The summed E-state index contributed by atoms with van der Waals surface area (Å²) in [7, 11) is 0. The minimum atomic E-state index is 0.692. The minimum Gasteiger partial charge on any atom is -0.0871 e. The zero-order valence-corrected chi connectivity index (χ0v) is 6.77. The fraction of sp³-hybridized carbons (Fsp3) is 0.800. The van der Waals surface area contributed by atoms with Crippen LogP contribution < -0.4 is 0 Å². The Morgan fingerprint density at radius 2 is 2.30 bits per heavy atom. The van der Waals surface area contributed by atoms with E-state index in [1.807, 2.05) is 0 Å². The summed E-state index contributed by atoms with van der Waals surface area (Å²) in [6, 6.07) is 0. The van der Waals surface area contributed by atoms with Crippen molar-refractivity contribution in [3.05, 3.63) is 12.2 Å². The third-order valence-electron chi connectivity index (χ3n) is 3.12. The molecule has 2 atom stereocenters. The third-order valence-corrected chi connectivity index (χ3v) is 3.12. The molecule has 0 aliphatic heterocycles. The van der Waals surface area contributed by atoms with Gasteiger partial charge in [0, 0.05) is 0 Å². The highest BCUT2D eigenvalue weighted by atomic mass is 14.4. The molecule has 2 aliphatic carbocycles. The maximum atomic E-state index is 2.45. The van der Waals surface area contributed by atoms with Crippen LogP contribution in [-0.4, -0.2) is 0 Å². The highest BCUT2D eigenvalue weighted by Gasteiger charge is 2.35. The predicted octanol–water partition coefficient (Wildman–Crippen LogP) is 3.14. The molecule has 0 N–H and O–H groups in total. The molecule has 0 amide bonds. The van der Waals surface area contributed by atoms with Gasteiger partial charge in [0.2, 0.25) is 0 Å². The molecule has 0 aromatic heterocycles. The van der Waals surface area contributed by atoms with E-state index in [0.717, 1.165) is 5.92 Å². The quantitative estimate of drug-likeness (QED) is 0.449. The normalized spacial score (nSPS) is 45.5. The molecule has 10 heavy (non-hydrogen) atoms. The summed E-state index contributed by atoms with van der Waals surface area (Å²) in [5.41, 5.74) is 0.692. The van der Waals surface area contributed by atoms with Gasteiger partial charge in [0.15, 0.2) is 0 Å². The first-order valence-electron chi connectivity index (χ1n) is 4.48. The van der Waals surface area contributed by atoms with Crippen LogP contribution in [-0.2, 0) is 0 Å². The Balaban J connectivity index is 2.03. The molecule has 0 heteroatoms. The maximum absolute atomic E-state index is 2.45. The van der Waals surface area contributed by atoms with Crippen LogP contribution in [0, 0.1) is 11.3 Å². The van der Waals surface area contributed by atoms with Gasteiger partial charge in [0.25, 0.3) is 0 Å². The van der Waals surface area contributed by atoms with Gasteiger partial charge in [-0.2, -0.15) is 0 Å². The first kappa shape index (κ1) is 6.45. The van der Waals surface area contributed by atoms with Crippen molar-refractivity contribution in [2.45, 2.75) is 39.0 Å². The second kappa shape index (κ2) is 2.11. The monoisotopic (exact) mass is 136 g/mol. The summed E-state index contributed by atoms with van der Waals surface area (Å²) in [5, 5.41) is 0. The Hall–Kier alpha value is -0.260. The van der Waals surface area contributed by atoms with Gasteiger partial charge in [-0.25, -0.2) is 0 Å². The molecule has 56 valence electrons. The summed E-state index contributed by atoms with van der Waals surface area (Å²) < 4.78 is 0. The standard InChI is InChI=1S/C10H16/c1-9-4-2-5-10(8-9)6-3-7-10/h3,6,9H,2,4-5,7-8H2,1H3/t9-,10?/m1/s1. The number of hydrogen-bond acceptors (Lipinski definition) is 0. The van der Waals surface area contributed by atoms with Crippen LogP contribution in [0.4, 0.5) is 0 Å². The van der Waals surface area contributed by atoms with Gasteiger partial charge in [-0.1, -0.05) is 31.9 Å². The largest absolute Gasteiger partial charge is 0.0871 e. The van der Waals surface area contributed by atoms with E-state index in [1.54, 1.807) is 0 Å². The Kier molecular flexibility index (Phi) is 1.36. The lowest BCUT2D eigenvalue weighted by atomic mass is 9.63. The Morgan fingerprint density at radius 3 is 2.70 bits per heavy atom. The second-order valence-corrected chi connectivity index (χ2v) is 4.17. The van der Waals surface area contributed by atoms with Crippen molar-refractivity contribution in [1.82, 2.24) is 0 Å². The van der Waals surface area contributed by atoms with Crippen LogP contribution >= 0.6 is 0 Å². The predicted molar refractivity (Wildman–Crippen MR) is 43.8 cm³/mol. The van der Waals surface area contributed by atoms with Crippen LogP contribution in [0.15, 0.2) is 12.2 Å². The van der Waals surface area contributed by atoms with Gasteiger partial charge in [0.1, 0.15) is 0 Å². The average molecular weight is 136 g/mol. The van der Waals surface area contributed by atoms with E-state index >= 15 is 0 Å². The lowest BCUT2D eigenvalue weighted by Gasteiger charge is -2.41. The van der Waals surface area contributed by atoms with Crippen molar-refractivity contribution in [3.63, 3.8) is 0 Å². The van der Waals surface area contributed by atoms with Gasteiger partial charge < -0.3 is 0 Å². The molecule has 1 saturated carbocycles. The van der Waals surface area contributed by atoms with E-state index in [0.29, 0.717) is 5.41 Å². The lowest BCUT2D eigenvalue weighted by molar-refractivity contribution is 0.185. The minimum absolute atomic E-state index is 0.692. The van der Waals surface area contributed by atoms with Crippen LogP contribution in [0.1, 0.15) is 39.0 Å². The molecule has 2 rings (SSSR count). The van der Waals surface area contributed by atoms with Gasteiger partial charge in [-0.05, 0) is 30.6 Å². The van der Waals surface area contributed by atoms with E-state index in [9.17, 15) is 0 Å². The molecule has 0 nitrogen and oxygen atoms in total. The molecule has 0 radical (unpaired) electrons. The molecular weight excluding hydrogens is 120 g/mol. The van der Waals surface area contributed by atoms with E-state index in [1.165, 1.54) is 32.1 Å². The van der Waals surface area contributed by atoms with Crippen LogP contribution in [0.2, 0.25) is 0 Å². The van der Waals surface area contributed by atoms with Crippen molar-refractivity contribution in [3.8, 4) is 0 Å². The van der Waals surface area contributed by atoms with Gasteiger partial charge in [-0.3, -0.25) is 0 Å². The van der Waals surface area contributed by atoms with E-state index in [4.69, 9.17) is 0 Å². The third kappa shape index (κ3) is 0.902. The number of allylic oxidation sites excluding steroid dienone is 2. The summed E-state index contributed by atoms with van der Waals surface area (Å²) in [6.07, 6.45) is 12.0. The fourth-order valence-electron chi connectivity index (χ4n) is 2.49. The van der Waals surface area contributed by atoms with Gasteiger partial charge in [0.05, 0.1) is 0 Å². The zero-order valence-electron chi connectivity index (χ0n) is 6.77. The molecule has 0 heterocycles. The van der Waals surface area contributed by atoms with E-state index < -0.39 is 0 Å². The topological polar surface area (TPSA) is 0 Å². The van der Waals surface area contributed by atoms with Gasteiger partial charge in [-0.15, -0.1) is 0 Å². The first-order chi connectivity index (χ1) is 4.81. The Labute approximate surface area is 63.3 Å². The van der Waals surface area contributed by atoms with Crippen molar-refractivity contribution in [2.24, 2.45) is 11.3 Å². The fourth-order valence-corrected chi connectivity index (χ4v) is 2.49. The van der Waals surface area contributed by atoms with E-state index in [2.05, 4.69) is 19.1 Å². The molecular formula is C10H16. The van der Waals surface area contributed by atoms with Crippen molar-refractivity contribution in [1.29, 1.82) is 0 Å². The SMILES string of the molecule is C[C@@H]1CCCC2(C=CC2)C1. The molecule has 1 unspecified atom stereocenters.